The molecule has 57 valence electrons. The molecule has 3 rings (SSSR count). The number of hydrogen-bond acceptors (Lipinski definition) is 0. The van der Waals surface area contributed by atoms with Crippen molar-refractivity contribution in [1.82, 2.24) is 0 Å². The first kappa shape index (κ1) is 6.69. The minimum absolute atomic E-state index is 0.675. The third-order valence-corrected chi connectivity index (χ3v) is 3.91. The van der Waals surface area contributed by atoms with E-state index >= 15 is 0 Å². The van der Waals surface area contributed by atoms with Crippen LogP contribution in [0.5, 0.6) is 0 Å². The quantitative estimate of drug-likeness (QED) is 0.481. The van der Waals surface area contributed by atoms with Gasteiger partial charge in [-0.25, -0.2) is 0 Å². The summed E-state index contributed by atoms with van der Waals surface area (Å²) in [6.07, 6.45) is 4.28. The highest BCUT2D eigenvalue weighted by atomic mass is 14.6. The molecule has 0 aromatic carbocycles. The molecular formula is C10H17. The van der Waals surface area contributed by atoms with Gasteiger partial charge in [0.2, 0.25) is 0 Å². The molecule has 0 amide bonds. The van der Waals surface area contributed by atoms with Crippen molar-refractivity contribution in [1.29, 1.82) is 0 Å². The van der Waals surface area contributed by atoms with Gasteiger partial charge >= 0.3 is 0 Å². The van der Waals surface area contributed by atoms with E-state index in [0.29, 0.717) is 5.41 Å². The first-order valence-corrected chi connectivity index (χ1v) is 4.44. The van der Waals surface area contributed by atoms with Gasteiger partial charge in [-0.1, -0.05) is 20.8 Å². The zero-order valence-corrected chi connectivity index (χ0v) is 7.06. The van der Waals surface area contributed by atoms with Gasteiger partial charge in [0.1, 0.15) is 0 Å². The van der Waals surface area contributed by atoms with Gasteiger partial charge in [0, 0.05) is 0 Å². The third-order valence-electron chi connectivity index (χ3n) is 3.91. The molecule has 3 saturated carbocycles. The van der Waals surface area contributed by atoms with Gasteiger partial charge in [-0.05, 0) is 42.4 Å². The van der Waals surface area contributed by atoms with Gasteiger partial charge in [-0.2, -0.15) is 0 Å². The molecule has 0 aromatic heterocycles. The van der Waals surface area contributed by atoms with Crippen LogP contribution < -0.4 is 0 Å². The fraction of sp³-hybridized carbons (Fsp3) is 0.900. The molecule has 2 atom stereocenters. The largest absolute Gasteiger partial charge is 0.0594 e. The van der Waals surface area contributed by atoms with Crippen molar-refractivity contribution < 1.29 is 0 Å². The van der Waals surface area contributed by atoms with Crippen molar-refractivity contribution in [3.05, 3.63) is 6.92 Å². The number of hydrogen-bond donors (Lipinski definition) is 0. The maximum atomic E-state index is 4.14. The average molecular weight is 137 g/mol. The summed E-state index contributed by atoms with van der Waals surface area (Å²) in [6.45, 7) is 9.00. The minimum atomic E-state index is 0.675. The molecule has 0 heterocycles. The van der Waals surface area contributed by atoms with E-state index in [0.717, 1.165) is 17.8 Å². The van der Waals surface area contributed by atoms with Crippen LogP contribution in [-0.2, 0) is 0 Å². The van der Waals surface area contributed by atoms with E-state index in [9.17, 15) is 0 Å². The lowest BCUT2D eigenvalue weighted by molar-refractivity contribution is -0.0812. The van der Waals surface area contributed by atoms with E-state index in [1.807, 2.05) is 0 Å². The monoisotopic (exact) mass is 137 g/mol. The van der Waals surface area contributed by atoms with Crippen LogP contribution in [0.1, 0.15) is 33.1 Å². The molecule has 0 spiro atoms. The van der Waals surface area contributed by atoms with Gasteiger partial charge in [-0.15, -0.1) is 0 Å². The molecular weight excluding hydrogens is 120 g/mol. The normalized spacial score (nSPS) is 50.1. The van der Waals surface area contributed by atoms with Crippen molar-refractivity contribution in [2.24, 2.45) is 23.2 Å². The molecule has 0 heteroatoms. The van der Waals surface area contributed by atoms with Gasteiger partial charge in [0.25, 0.3) is 0 Å². The lowest BCUT2D eigenvalue weighted by Gasteiger charge is -2.58. The summed E-state index contributed by atoms with van der Waals surface area (Å²) in [7, 11) is 0. The fourth-order valence-electron chi connectivity index (χ4n) is 2.82. The molecule has 2 bridgehead atoms. The Morgan fingerprint density at radius 3 is 1.90 bits per heavy atom. The van der Waals surface area contributed by atoms with Crippen LogP contribution in [0.3, 0.4) is 0 Å². The van der Waals surface area contributed by atoms with Crippen LogP contribution in [0, 0.1) is 30.1 Å². The zero-order valence-electron chi connectivity index (χ0n) is 7.06. The van der Waals surface area contributed by atoms with Crippen molar-refractivity contribution in [3.8, 4) is 0 Å². The van der Waals surface area contributed by atoms with Crippen LogP contribution in [0.2, 0.25) is 0 Å². The second-order valence-corrected chi connectivity index (χ2v) is 4.79. The van der Waals surface area contributed by atoms with Gasteiger partial charge < -0.3 is 0 Å². The molecule has 0 aliphatic heterocycles. The summed E-state index contributed by atoms with van der Waals surface area (Å²) in [5.41, 5.74) is 0.675. The first-order valence-electron chi connectivity index (χ1n) is 4.44. The molecule has 3 aliphatic rings. The highest BCUT2D eigenvalue weighted by Crippen LogP contribution is 2.60. The van der Waals surface area contributed by atoms with Crippen LogP contribution in [0.4, 0.5) is 0 Å². The van der Waals surface area contributed by atoms with Gasteiger partial charge in [0.15, 0.2) is 0 Å². The van der Waals surface area contributed by atoms with Crippen LogP contribution in [0.25, 0.3) is 0 Å². The second-order valence-electron chi connectivity index (χ2n) is 4.79. The Morgan fingerprint density at radius 2 is 1.60 bits per heavy atom. The second kappa shape index (κ2) is 1.78. The smallest absolute Gasteiger partial charge is 0.0297 e. The van der Waals surface area contributed by atoms with E-state index in [1.54, 1.807) is 0 Å². The summed E-state index contributed by atoms with van der Waals surface area (Å²) >= 11 is 0. The Kier molecular flexibility index (Phi) is 1.19. The summed E-state index contributed by atoms with van der Waals surface area (Å²) < 4.78 is 0. The SMILES string of the molecule is [CH2]C1CC2CC(C1)C2(C)C. The fourth-order valence-corrected chi connectivity index (χ4v) is 2.82. The number of fused-ring (bicyclic) bond motifs is 2. The summed E-state index contributed by atoms with van der Waals surface area (Å²) in [4.78, 5) is 0. The molecule has 3 aliphatic carbocycles. The lowest BCUT2D eigenvalue weighted by Crippen LogP contribution is -2.50. The minimum Gasteiger partial charge on any atom is -0.0594 e. The van der Waals surface area contributed by atoms with E-state index in [1.165, 1.54) is 19.3 Å². The lowest BCUT2D eigenvalue weighted by atomic mass is 9.47. The Balaban J connectivity index is 2.10. The molecule has 1 radical (unpaired) electrons. The Bertz CT molecular complexity index is 132. The van der Waals surface area contributed by atoms with E-state index in [2.05, 4.69) is 20.8 Å². The first-order chi connectivity index (χ1) is 4.60. The van der Waals surface area contributed by atoms with Crippen LogP contribution in [0.15, 0.2) is 0 Å². The molecule has 2 unspecified atom stereocenters. The molecule has 0 saturated heterocycles. The average Bonchev–Trinajstić information content (AvgIpc) is 1.87. The van der Waals surface area contributed by atoms with E-state index in [4.69, 9.17) is 0 Å². The van der Waals surface area contributed by atoms with Gasteiger partial charge in [-0.3, -0.25) is 0 Å². The standard InChI is InChI=1S/C10H17/c1-7-4-8-6-9(5-7)10(8,2)3/h7-9H,1,4-6H2,2-3H3. The predicted molar refractivity (Wildman–Crippen MR) is 43.5 cm³/mol. The maximum Gasteiger partial charge on any atom is -0.0297 e. The summed E-state index contributed by atoms with van der Waals surface area (Å²) in [5.74, 6) is 2.79. The topological polar surface area (TPSA) is 0 Å². The third kappa shape index (κ3) is 0.681. The zero-order chi connectivity index (χ0) is 7.35. The molecule has 0 N–H and O–H groups in total. The summed E-state index contributed by atoms with van der Waals surface area (Å²) in [5, 5.41) is 0. The molecule has 0 aromatic rings. The molecule has 3 fully saturated rings. The highest BCUT2D eigenvalue weighted by molar-refractivity contribution is 5.02. The Morgan fingerprint density at radius 1 is 1.10 bits per heavy atom. The molecule has 0 nitrogen and oxygen atoms in total. The van der Waals surface area contributed by atoms with Crippen molar-refractivity contribution in [3.63, 3.8) is 0 Å². The summed E-state index contributed by atoms with van der Waals surface area (Å²) in [6, 6.07) is 0. The predicted octanol–water partition coefficient (Wildman–Crippen LogP) is 2.89. The Labute approximate surface area is 64.0 Å². The maximum absolute atomic E-state index is 4.14. The van der Waals surface area contributed by atoms with Crippen molar-refractivity contribution in [2.45, 2.75) is 33.1 Å². The number of rotatable bonds is 0. The van der Waals surface area contributed by atoms with Crippen LogP contribution >= 0.6 is 0 Å². The van der Waals surface area contributed by atoms with E-state index in [-0.39, 0.29) is 0 Å². The highest BCUT2D eigenvalue weighted by Gasteiger charge is 2.51. The van der Waals surface area contributed by atoms with Crippen LogP contribution in [-0.4, -0.2) is 0 Å². The van der Waals surface area contributed by atoms with Gasteiger partial charge in [0.05, 0.1) is 0 Å². The van der Waals surface area contributed by atoms with Crippen molar-refractivity contribution in [2.75, 3.05) is 0 Å². The Hall–Kier alpha value is 0. The molecule has 10 heavy (non-hydrogen) atoms. The van der Waals surface area contributed by atoms with E-state index < -0.39 is 0 Å². The van der Waals surface area contributed by atoms with Crippen molar-refractivity contribution >= 4 is 0 Å².